The van der Waals surface area contributed by atoms with Gasteiger partial charge in [-0.05, 0) is 53.9 Å². The number of pyridine rings is 1. The van der Waals surface area contributed by atoms with E-state index in [0.717, 1.165) is 10.5 Å². The number of alkyl halides is 7. The molecule has 3 aromatic rings. The van der Waals surface area contributed by atoms with E-state index in [1.807, 2.05) is 4.90 Å². The van der Waals surface area contributed by atoms with Crippen LogP contribution in [0, 0.1) is 5.41 Å². The quantitative estimate of drug-likeness (QED) is 0.232. The summed E-state index contributed by atoms with van der Waals surface area (Å²) in [5, 5.41) is 13.3. The summed E-state index contributed by atoms with van der Waals surface area (Å²) in [6, 6.07) is 10.3. The molecule has 2 N–H and O–H groups in total. The Kier molecular flexibility index (Phi) is 10.7. The second kappa shape index (κ2) is 14.5. The van der Waals surface area contributed by atoms with Crippen LogP contribution in [0.25, 0.3) is 22.0 Å². The van der Waals surface area contributed by atoms with E-state index in [0.29, 0.717) is 39.9 Å². The Morgan fingerprint density at radius 1 is 0.980 bits per heavy atom. The number of hydrogen-bond donors (Lipinski definition) is 2. The first-order valence-corrected chi connectivity index (χ1v) is 15.9. The summed E-state index contributed by atoms with van der Waals surface area (Å²) in [6.07, 6.45) is -8.47. The third-order valence-electron chi connectivity index (χ3n) is 9.50. The van der Waals surface area contributed by atoms with E-state index in [-0.39, 0.29) is 32.4 Å². The molecule has 0 radical (unpaired) electrons. The highest BCUT2D eigenvalue weighted by Crippen LogP contribution is 2.47. The Morgan fingerprint density at radius 3 is 2.22 bits per heavy atom. The molecule has 2 aromatic carbocycles. The minimum Gasteiger partial charge on any atom is -0.494 e. The predicted molar refractivity (Wildman–Crippen MR) is 167 cm³/mol. The summed E-state index contributed by atoms with van der Waals surface area (Å²) in [6.45, 7) is -0.598. The number of ether oxygens (including phenoxy) is 1. The average Bonchev–Trinajstić information content (AvgIpc) is 3.04. The van der Waals surface area contributed by atoms with Crippen LogP contribution < -0.4 is 10.1 Å². The molecule has 15 heteroatoms. The van der Waals surface area contributed by atoms with Crippen LogP contribution in [0.2, 0.25) is 0 Å². The highest BCUT2D eigenvalue weighted by atomic mass is 19.4. The van der Waals surface area contributed by atoms with E-state index >= 15 is 0 Å². The van der Waals surface area contributed by atoms with Gasteiger partial charge in [-0.25, -0.2) is 22.4 Å². The van der Waals surface area contributed by atoms with E-state index in [2.05, 4.69) is 10.3 Å². The number of aliphatic carboxylic acids is 1. The summed E-state index contributed by atoms with van der Waals surface area (Å²) in [5.41, 5.74) is -0.616. The van der Waals surface area contributed by atoms with Crippen molar-refractivity contribution in [2.45, 2.75) is 63.2 Å². The minimum atomic E-state index is -5.03. The number of carbonyl (C=O) groups excluding carboxylic acids is 1. The van der Waals surface area contributed by atoms with Crippen LogP contribution in [0.1, 0.15) is 36.8 Å². The molecule has 1 atom stereocenters. The lowest BCUT2D eigenvalue weighted by molar-refractivity contribution is -0.233. The van der Waals surface area contributed by atoms with E-state index in [9.17, 15) is 45.4 Å². The zero-order valence-electron chi connectivity index (χ0n) is 26.7. The minimum absolute atomic E-state index is 0.216. The summed E-state index contributed by atoms with van der Waals surface area (Å²) in [7, 11) is 1.47. The summed E-state index contributed by atoms with van der Waals surface area (Å²) in [4.78, 5) is 33.2. The monoisotopic (exact) mass is 698 g/mol. The van der Waals surface area contributed by atoms with Crippen molar-refractivity contribution in [1.29, 1.82) is 0 Å². The Balaban J connectivity index is 1.38. The first-order chi connectivity index (χ1) is 23.1. The van der Waals surface area contributed by atoms with Gasteiger partial charge in [-0.1, -0.05) is 36.4 Å². The van der Waals surface area contributed by atoms with Gasteiger partial charge in [0.05, 0.1) is 13.7 Å². The van der Waals surface area contributed by atoms with Crippen molar-refractivity contribution in [3.8, 4) is 17.0 Å². The van der Waals surface area contributed by atoms with Crippen molar-refractivity contribution < 1.29 is 50.2 Å². The van der Waals surface area contributed by atoms with E-state index < -0.39 is 74.3 Å². The summed E-state index contributed by atoms with van der Waals surface area (Å²) >= 11 is 0. The van der Waals surface area contributed by atoms with Crippen molar-refractivity contribution in [1.82, 2.24) is 20.1 Å². The van der Waals surface area contributed by atoms with E-state index in [4.69, 9.17) is 4.74 Å². The molecule has 1 aromatic heterocycles. The highest BCUT2D eigenvalue weighted by molar-refractivity contribution is 5.99. The van der Waals surface area contributed by atoms with Crippen LogP contribution in [-0.4, -0.2) is 96.2 Å². The number of methoxy groups -OCH3 is 1. The molecule has 0 spiro atoms. The molecule has 2 aliphatic heterocycles. The normalized spacial score (nSPS) is 19.1. The van der Waals surface area contributed by atoms with Gasteiger partial charge >= 0.3 is 12.1 Å². The fourth-order valence-corrected chi connectivity index (χ4v) is 6.65. The number of likely N-dealkylation sites (tertiary alicyclic amines) is 2. The van der Waals surface area contributed by atoms with Crippen LogP contribution in [-0.2, 0) is 22.6 Å². The number of nitrogens with one attached hydrogen (secondary N) is 1. The number of piperidine rings is 2. The largest absolute Gasteiger partial charge is 0.494 e. The third kappa shape index (κ3) is 8.09. The standard InChI is InChI=1S/C34H37F7N4O4/c1-49-27-16-21(19-44-14-10-33(37,38)11-15-44)18-42-29(27)25-7-3-5-23-22(4-2-6-24(23)25)17-26(30(46)47)43-31(48)32(34(39,40)41)8-12-45(13-9-32)20-28(35)36/h2-7,16,18,26,28H,8-15,17,19-20H2,1H3,(H,43,48)(H,46,47)/t26-/m0/s1. The van der Waals surface area contributed by atoms with E-state index in [1.54, 1.807) is 48.7 Å². The molecular weight excluding hydrogens is 661 g/mol. The second-order valence-corrected chi connectivity index (χ2v) is 12.7. The molecule has 0 unspecified atom stereocenters. The molecule has 2 aliphatic rings. The maximum absolute atomic E-state index is 14.3. The Morgan fingerprint density at radius 2 is 1.61 bits per heavy atom. The first-order valence-electron chi connectivity index (χ1n) is 15.9. The van der Waals surface area contributed by atoms with Crippen LogP contribution in [0.3, 0.4) is 0 Å². The maximum Gasteiger partial charge on any atom is 0.403 e. The second-order valence-electron chi connectivity index (χ2n) is 12.7. The molecule has 5 rings (SSSR count). The van der Waals surface area contributed by atoms with Crippen LogP contribution >= 0.6 is 0 Å². The number of nitrogens with zero attached hydrogens (tertiary/aromatic N) is 3. The van der Waals surface area contributed by atoms with Crippen molar-refractivity contribution in [2.24, 2.45) is 5.41 Å². The number of fused-ring (bicyclic) bond motifs is 1. The molecule has 1 amide bonds. The number of carboxylic acid groups (broad SMARTS) is 1. The van der Waals surface area contributed by atoms with Gasteiger partial charge in [0.1, 0.15) is 22.9 Å². The predicted octanol–water partition coefficient (Wildman–Crippen LogP) is 6.16. The Bertz CT molecular complexity index is 1650. The number of halogens is 7. The lowest BCUT2D eigenvalue weighted by Crippen LogP contribution is -2.59. The van der Waals surface area contributed by atoms with Gasteiger partial charge < -0.3 is 15.2 Å². The highest BCUT2D eigenvalue weighted by Gasteiger charge is 2.61. The molecule has 0 bridgehead atoms. The number of benzene rings is 2. The van der Waals surface area contributed by atoms with Gasteiger partial charge in [0.2, 0.25) is 5.91 Å². The van der Waals surface area contributed by atoms with Crippen LogP contribution in [0.15, 0.2) is 48.7 Å². The van der Waals surface area contributed by atoms with E-state index in [1.165, 1.54) is 7.11 Å². The molecule has 0 saturated carbocycles. The lowest BCUT2D eigenvalue weighted by Gasteiger charge is -2.41. The smallest absolute Gasteiger partial charge is 0.403 e. The van der Waals surface area contributed by atoms with Gasteiger partial charge in [-0.3, -0.25) is 19.6 Å². The zero-order chi connectivity index (χ0) is 35.6. The Labute approximate surface area is 278 Å². The van der Waals surface area contributed by atoms with Crippen molar-refractivity contribution in [3.63, 3.8) is 0 Å². The molecule has 266 valence electrons. The van der Waals surface area contributed by atoms with Gasteiger partial charge in [0.25, 0.3) is 12.3 Å². The van der Waals surface area contributed by atoms with Gasteiger partial charge in [0, 0.05) is 50.7 Å². The molecular formula is C34H37F7N4O4. The summed E-state index contributed by atoms with van der Waals surface area (Å²) < 4.78 is 102. The molecule has 0 aliphatic carbocycles. The Hall–Kier alpha value is -3.98. The van der Waals surface area contributed by atoms with Crippen molar-refractivity contribution >= 4 is 22.6 Å². The van der Waals surface area contributed by atoms with Gasteiger partial charge in [0.15, 0.2) is 0 Å². The topological polar surface area (TPSA) is 95.0 Å². The fraction of sp³-hybridized carbons (Fsp3) is 0.500. The molecule has 2 fully saturated rings. The first kappa shape index (κ1) is 36.3. The third-order valence-corrected chi connectivity index (χ3v) is 9.50. The average molecular weight is 699 g/mol. The van der Waals surface area contributed by atoms with Crippen LogP contribution in [0.4, 0.5) is 30.7 Å². The summed E-state index contributed by atoms with van der Waals surface area (Å²) in [5.74, 6) is -5.28. The fourth-order valence-electron chi connectivity index (χ4n) is 6.65. The SMILES string of the molecule is COc1cc(CN2CCC(F)(F)CC2)cnc1-c1cccc2c(C[C@H](NC(=O)C3(C(F)(F)F)CCN(CC(F)F)CC3)C(=O)O)cccc12. The molecule has 2 saturated heterocycles. The lowest BCUT2D eigenvalue weighted by atomic mass is 9.76. The number of aromatic nitrogens is 1. The maximum atomic E-state index is 14.3. The number of amides is 1. The molecule has 8 nitrogen and oxygen atoms in total. The number of hydrogen-bond acceptors (Lipinski definition) is 6. The molecule has 3 heterocycles. The number of carboxylic acids is 1. The number of rotatable bonds is 11. The van der Waals surface area contributed by atoms with Crippen LogP contribution in [0.5, 0.6) is 5.75 Å². The van der Waals surface area contributed by atoms with Crippen molar-refractivity contribution in [2.75, 3.05) is 39.8 Å². The number of carbonyl (C=O) groups is 2. The van der Waals surface area contributed by atoms with Crippen molar-refractivity contribution in [3.05, 3.63) is 59.8 Å². The molecule has 49 heavy (non-hydrogen) atoms. The zero-order valence-corrected chi connectivity index (χ0v) is 26.7. The van der Waals surface area contributed by atoms with Gasteiger partial charge in [-0.15, -0.1) is 0 Å². The van der Waals surface area contributed by atoms with Gasteiger partial charge in [-0.2, -0.15) is 13.2 Å².